The van der Waals surface area contributed by atoms with E-state index in [0.717, 1.165) is 12.8 Å². The van der Waals surface area contributed by atoms with Crippen molar-refractivity contribution in [2.75, 3.05) is 4.90 Å². The summed E-state index contributed by atoms with van der Waals surface area (Å²) in [5, 5.41) is 0. The summed E-state index contributed by atoms with van der Waals surface area (Å²) in [6.07, 6.45) is 19.6. The van der Waals surface area contributed by atoms with Crippen molar-refractivity contribution in [3.63, 3.8) is 0 Å². The molecular formula is C38H35N. The van der Waals surface area contributed by atoms with E-state index in [1.54, 1.807) is 27.8 Å². The Bertz CT molecular complexity index is 1690. The summed E-state index contributed by atoms with van der Waals surface area (Å²) in [6, 6.07) is 24.1. The molecule has 0 saturated carbocycles. The minimum absolute atomic E-state index is 0.0468. The van der Waals surface area contributed by atoms with Crippen molar-refractivity contribution in [3.8, 4) is 11.1 Å². The van der Waals surface area contributed by atoms with Crippen molar-refractivity contribution in [1.29, 1.82) is 0 Å². The van der Waals surface area contributed by atoms with Crippen molar-refractivity contribution in [2.45, 2.75) is 69.6 Å². The van der Waals surface area contributed by atoms with Crippen molar-refractivity contribution in [2.24, 2.45) is 5.92 Å². The second kappa shape index (κ2) is 7.98. The first-order valence-corrected chi connectivity index (χ1v) is 15.2. The van der Waals surface area contributed by atoms with Crippen LogP contribution in [-0.2, 0) is 5.41 Å². The number of benzene rings is 3. The molecule has 192 valence electrons. The molecular weight excluding hydrogens is 470 g/mol. The normalized spacial score (nSPS) is 27.0. The van der Waals surface area contributed by atoms with Crippen LogP contribution in [0, 0.1) is 5.92 Å². The summed E-state index contributed by atoms with van der Waals surface area (Å²) < 4.78 is 0. The fourth-order valence-corrected chi connectivity index (χ4v) is 9.29. The average molecular weight is 506 g/mol. The topological polar surface area (TPSA) is 3.24 Å². The van der Waals surface area contributed by atoms with Crippen LogP contribution >= 0.6 is 0 Å². The third-order valence-electron chi connectivity index (χ3n) is 10.8. The van der Waals surface area contributed by atoms with Gasteiger partial charge in [0.2, 0.25) is 0 Å². The zero-order valence-corrected chi connectivity index (χ0v) is 22.8. The lowest BCUT2D eigenvalue weighted by Gasteiger charge is -2.36. The number of hydrogen-bond donors (Lipinski definition) is 0. The fraction of sp³-hybridized carbons (Fsp3) is 0.316. The summed E-state index contributed by atoms with van der Waals surface area (Å²) in [7, 11) is 0. The predicted molar refractivity (Wildman–Crippen MR) is 162 cm³/mol. The highest BCUT2D eigenvalue weighted by molar-refractivity contribution is 5.98. The summed E-state index contributed by atoms with van der Waals surface area (Å²) in [4.78, 5) is 2.65. The Labute approximate surface area is 232 Å². The molecule has 39 heavy (non-hydrogen) atoms. The molecule has 0 heterocycles. The Kier molecular flexibility index (Phi) is 4.55. The van der Waals surface area contributed by atoms with Gasteiger partial charge >= 0.3 is 0 Å². The average Bonchev–Trinajstić information content (AvgIpc) is 3.58. The molecule has 0 fully saturated rings. The molecule has 3 unspecified atom stereocenters. The quantitative estimate of drug-likeness (QED) is 0.342. The van der Waals surface area contributed by atoms with E-state index in [0.29, 0.717) is 11.8 Å². The molecule has 0 aliphatic heterocycles. The van der Waals surface area contributed by atoms with Crippen LogP contribution in [-0.4, -0.2) is 0 Å². The number of nitrogens with zero attached hydrogens (tertiary/aromatic N) is 1. The molecule has 1 nitrogen and oxygen atoms in total. The molecule has 0 radical (unpaired) electrons. The van der Waals surface area contributed by atoms with E-state index in [2.05, 4.69) is 96.8 Å². The van der Waals surface area contributed by atoms with E-state index in [1.807, 2.05) is 0 Å². The minimum Gasteiger partial charge on any atom is -0.318 e. The third-order valence-corrected chi connectivity index (χ3v) is 10.8. The largest absolute Gasteiger partial charge is 0.318 e. The summed E-state index contributed by atoms with van der Waals surface area (Å²) in [5.74, 6) is 1.14. The molecule has 0 bridgehead atoms. The molecule has 3 aromatic rings. The van der Waals surface area contributed by atoms with Gasteiger partial charge in [0.15, 0.2) is 0 Å². The molecule has 9 rings (SSSR count). The zero-order valence-electron chi connectivity index (χ0n) is 22.8. The number of allylic oxidation sites excluding steroid dienone is 8. The fourth-order valence-electron chi connectivity index (χ4n) is 9.29. The standard InChI is InChI=1S/C38H35N/c1-24-17-19-26(20-18-24)39(25-9-3-2-4-10-25)27-21-22-29-31-13-8-15-33-32-14-7-12-30-28-11-5-6-16-34(28)38(36(30)32,37(31)33)35(29)23-27/h5-6,8-9,11,13-17,19,21-23,30,36H,2-4,7,10,12,18,20H2,1H3. The van der Waals surface area contributed by atoms with E-state index in [1.165, 1.54) is 77.9 Å². The molecule has 3 aromatic carbocycles. The van der Waals surface area contributed by atoms with Crippen LogP contribution < -0.4 is 4.90 Å². The second-order valence-electron chi connectivity index (χ2n) is 12.6. The number of rotatable bonds is 3. The highest BCUT2D eigenvalue weighted by Crippen LogP contribution is 2.73. The van der Waals surface area contributed by atoms with Gasteiger partial charge in [0.25, 0.3) is 0 Å². The highest BCUT2D eigenvalue weighted by Gasteiger charge is 2.64. The molecule has 3 atom stereocenters. The lowest BCUT2D eigenvalue weighted by atomic mass is 9.67. The van der Waals surface area contributed by atoms with E-state index < -0.39 is 0 Å². The van der Waals surface area contributed by atoms with E-state index in [4.69, 9.17) is 0 Å². The van der Waals surface area contributed by atoms with Gasteiger partial charge < -0.3 is 4.90 Å². The highest BCUT2D eigenvalue weighted by atomic mass is 15.2. The first-order valence-electron chi connectivity index (χ1n) is 15.2. The summed E-state index contributed by atoms with van der Waals surface area (Å²) in [6.45, 7) is 2.27. The monoisotopic (exact) mass is 505 g/mol. The number of hydrogen-bond acceptors (Lipinski definition) is 1. The van der Waals surface area contributed by atoms with Crippen LogP contribution in [0.2, 0.25) is 0 Å². The van der Waals surface area contributed by atoms with Crippen molar-refractivity contribution >= 4 is 11.3 Å². The van der Waals surface area contributed by atoms with Crippen LogP contribution in [0.15, 0.2) is 102 Å². The van der Waals surface area contributed by atoms with Gasteiger partial charge in [-0.05, 0) is 127 Å². The summed E-state index contributed by atoms with van der Waals surface area (Å²) >= 11 is 0. The van der Waals surface area contributed by atoms with Gasteiger partial charge in [0.05, 0.1) is 5.41 Å². The van der Waals surface area contributed by atoms with Gasteiger partial charge in [-0.25, -0.2) is 0 Å². The van der Waals surface area contributed by atoms with Crippen LogP contribution in [0.25, 0.3) is 16.7 Å². The molecule has 1 heteroatoms. The van der Waals surface area contributed by atoms with Crippen LogP contribution in [0.3, 0.4) is 0 Å². The van der Waals surface area contributed by atoms with Crippen LogP contribution in [0.5, 0.6) is 0 Å². The smallest absolute Gasteiger partial charge is 0.0547 e. The maximum atomic E-state index is 2.65. The lowest BCUT2D eigenvalue weighted by Crippen LogP contribution is -2.31. The molecule has 1 spiro atoms. The van der Waals surface area contributed by atoms with Crippen LogP contribution in [0.4, 0.5) is 5.69 Å². The molecule has 6 aliphatic rings. The van der Waals surface area contributed by atoms with E-state index in [-0.39, 0.29) is 5.41 Å². The van der Waals surface area contributed by atoms with E-state index in [9.17, 15) is 0 Å². The van der Waals surface area contributed by atoms with Gasteiger partial charge in [-0.15, -0.1) is 0 Å². The minimum atomic E-state index is -0.0468. The zero-order chi connectivity index (χ0) is 25.7. The van der Waals surface area contributed by atoms with Gasteiger partial charge in [-0.1, -0.05) is 72.3 Å². The molecule has 0 aromatic heterocycles. The Morgan fingerprint density at radius 2 is 1.67 bits per heavy atom. The summed E-state index contributed by atoms with van der Waals surface area (Å²) in [5.41, 5.74) is 18.2. The van der Waals surface area contributed by atoms with Gasteiger partial charge in [0.1, 0.15) is 0 Å². The number of fused-ring (bicyclic) bond motifs is 5. The second-order valence-corrected chi connectivity index (χ2v) is 12.6. The van der Waals surface area contributed by atoms with Crippen molar-refractivity contribution in [3.05, 3.63) is 130 Å². The Morgan fingerprint density at radius 3 is 2.54 bits per heavy atom. The van der Waals surface area contributed by atoms with Crippen LogP contribution in [0.1, 0.15) is 92.0 Å². The Hall–Kier alpha value is -3.58. The van der Waals surface area contributed by atoms with Crippen molar-refractivity contribution < 1.29 is 0 Å². The molecule has 0 saturated heterocycles. The maximum Gasteiger partial charge on any atom is 0.0547 e. The SMILES string of the molecule is CC1=CC=C(N(C2=CCCCC2)c2ccc3c(c2)C24c5ccccc5C5CCC=C(c6cccc-3c62)C54)CC1. The van der Waals surface area contributed by atoms with Gasteiger partial charge in [-0.3, -0.25) is 0 Å². The molecule has 0 N–H and O–H groups in total. The van der Waals surface area contributed by atoms with Gasteiger partial charge in [-0.2, -0.15) is 0 Å². The van der Waals surface area contributed by atoms with Gasteiger partial charge in [0, 0.05) is 23.0 Å². The molecule has 6 aliphatic carbocycles. The first-order chi connectivity index (χ1) is 19.3. The Balaban J connectivity index is 1.32. The third kappa shape index (κ3) is 2.76. The molecule has 0 amide bonds. The maximum absolute atomic E-state index is 2.65. The lowest BCUT2D eigenvalue weighted by molar-refractivity contribution is 0.431. The first kappa shape index (κ1) is 22.3. The Morgan fingerprint density at radius 1 is 0.744 bits per heavy atom. The van der Waals surface area contributed by atoms with Crippen molar-refractivity contribution in [1.82, 2.24) is 0 Å². The number of anilines is 1. The van der Waals surface area contributed by atoms with E-state index >= 15 is 0 Å². The predicted octanol–water partition coefficient (Wildman–Crippen LogP) is 9.79.